The lowest BCUT2D eigenvalue weighted by molar-refractivity contribution is -0.385. The van der Waals surface area contributed by atoms with E-state index >= 15 is 0 Å². The molecule has 0 saturated heterocycles. The second-order valence-corrected chi connectivity index (χ2v) is 6.31. The van der Waals surface area contributed by atoms with E-state index in [4.69, 9.17) is 16.0 Å². The Morgan fingerprint density at radius 2 is 2.07 bits per heavy atom. The lowest BCUT2D eigenvalue weighted by atomic mass is 10.2. The summed E-state index contributed by atoms with van der Waals surface area (Å²) in [6.07, 6.45) is 1.99. The molecule has 0 atom stereocenters. The number of halogens is 1. The van der Waals surface area contributed by atoms with Gasteiger partial charge in [0.2, 0.25) is 5.91 Å². The minimum Gasteiger partial charge on any atom is -0.441 e. The first-order valence-electron chi connectivity index (χ1n) is 8.18. The average Bonchev–Trinajstić information content (AvgIpc) is 3.10. The summed E-state index contributed by atoms with van der Waals surface area (Å²) in [6.45, 7) is 1.64. The van der Waals surface area contributed by atoms with Crippen molar-refractivity contribution in [1.29, 1.82) is 0 Å². The summed E-state index contributed by atoms with van der Waals surface area (Å²) in [5.74, 6) is 0.658. The maximum atomic E-state index is 12.1. The number of oxazole rings is 1. The van der Waals surface area contributed by atoms with Crippen LogP contribution in [0.2, 0.25) is 5.02 Å². The highest BCUT2D eigenvalue weighted by Gasteiger charge is 2.14. The maximum Gasteiger partial charge on any atom is 0.274 e. The maximum absolute atomic E-state index is 12.1. The van der Waals surface area contributed by atoms with E-state index in [1.807, 2.05) is 18.2 Å². The fourth-order valence-corrected chi connectivity index (χ4v) is 2.77. The molecule has 0 fully saturated rings. The van der Waals surface area contributed by atoms with Crippen LogP contribution in [0.15, 0.2) is 53.1 Å². The summed E-state index contributed by atoms with van der Waals surface area (Å²) in [4.78, 5) is 26.8. The molecule has 138 valence electrons. The number of anilines is 1. The first-order chi connectivity index (χ1) is 12.9. The van der Waals surface area contributed by atoms with Gasteiger partial charge in [-0.05, 0) is 25.1 Å². The molecule has 0 bridgehead atoms. The van der Waals surface area contributed by atoms with E-state index in [2.05, 4.69) is 10.3 Å². The summed E-state index contributed by atoms with van der Waals surface area (Å²) < 4.78 is 5.65. The van der Waals surface area contributed by atoms with Gasteiger partial charge in [0.15, 0.2) is 11.7 Å². The Morgan fingerprint density at radius 3 is 2.81 bits per heavy atom. The van der Waals surface area contributed by atoms with Crippen molar-refractivity contribution in [3.63, 3.8) is 0 Å². The lowest BCUT2D eigenvalue weighted by Crippen LogP contribution is -2.12. The zero-order valence-electron chi connectivity index (χ0n) is 14.4. The molecule has 27 heavy (non-hydrogen) atoms. The number of aryl methyl sites for hydroxylation is 2. The molecule has 7 nitrogen and oxygen atoms in total. The predicted molar refractivity (Wildman–Crippen MR) is 102 cm³/mol. The van der Waals surface area contributed by atoms with E-state index in [0.29, 0.717) is 34.3 Å². The van der Waals surface area contributed by atoms with Crippen LogP contribution in [0.3, 0.4) is 0 Å². The molecule has 0 aliphatic rings. The highest BCUT2D eigenvalue weighted by Crippen LogP contribution is 2.28. The number of rotatable bonds is 6. The van der Waals surface area contributed by atoms with Crippen molar-refractivity contribution in [2.45, 2.75) is 19.8 Å². The number of nitrogens with zero attached hydrogens (tertiary/aromatic N) is 2. The highest BCUT2D eigenvalue weighted by atomic mass is 35.5. The smallest absolute Gasteiger partial charge is 0.274 e. The Kier molecular flexibility index (Phi) is 5.52. The van der Waals surface area contributed by atoms with Crippen LogP contribution in [0.4, 0.5) is 11.4 Å². The third-order valence-corrected chi connectivity index (χ3v) is 4.28. The molecule has 3 aromatic rings. The standard InChI is InChI=1S/C19H16ClN3O4/c1-12-6-7-13(10-16(12)23(25)26)22-18(24)8-9-19-21-11-17(27-19)14-4-2-3-5-15(14)20/h2-7,10-11H,8-9H2,1H3,(H,22,24). The van der Waals surface area contributed by atoms with Gasteiger partial charge in [-0.25, -0.2) is 4.98 Å². The van der Waals surface area contributed by atoms with E-state index in [9.17, 15) is 14.9 Å². The molecule has 1 amide bonds. The number of aromatic nitrogens is 1. The topological polar surface area (TPSA) is 98.3 Å². The molecule has 0 spiro atoms. The number of hydrogen-bond donors (Lipinski definition) is 1. The summed E-state index contributed by atoms with van der Waals surface area (Å²) in [6, 6.07) is 11.8. The molecule has 1 N–H and O–H groups in total. The molecule has 0 unspecified atom stereocenters. The van der Waals surface area contributed by atoms with E-state index in [1.54, 1.807) is 31.3 Å². The molecular formula is C19H16ClN3O4. The average molecular weight is 386 g/mol. The zero-order chi connectivity index (χ0) is 19.4. The summed E-state index contributed by atoms with van der Waals surface area (Å²) in [7, 11) is 0. The summed E-state index contributed by atoms with van der Waals surface area (Å²) in [5.41, 5.74) is 1.60. The zero-order valence-corrected chi connectivity index (χ0v) is 15.2. The Morgan fingerprint density at radius 1 is 1.30 bits per heavy atom. The number of nitro groups is 1. The highest BCUT2D eigenvalue weighted by molar-refractivity contribution is 6.33. The van der Waals surface area contributed by atoms with Crippen LogP contribution in [0.25, 0.3) is 11.3 Å². The molecular weight excluding hydrogens is 370 g/mol. The largest absolute Gasteiger partial charge is 0.441 e. The Balaban J connectivity index is 1.61. The van der Waals surface area contributed by atoms with E-state index in [0.717, 1.165) is 5.56 Å². The molecule has 1 aromatic heterocycles. The number of carbonyl (C=O) groups excluding carboxylic acids is 1. The third-order valence-electron chi connectivity index (χ3n) is 3.95. The number of nitrogens with one attached hydrogen (secondary N) is 1. The molecule has 0 saturated carbocycles. The Hall–Kier alpha value is -3.19. The van der Waals surface area contributed by atoms with Crippen LogP contribution in [-0.2, 0) is 11.2 Å². The van der Waals surface area contributed by atoms with Crippen molar-refractivity contribution in [3.8, 4) is 11.3 Å². The first-order valence-corrected chi connectivity index (χ1v) is 8.56. The second-order valence-electron chi connectivity index (χ2n) is 5.90. The summed E-state index contributed by atoms with van der Waals surface area (Å²) >= 11 is 6.13. The van der Waals surface area contributed by atoms with E-state index < -0.39 is 4.92 Å². The van der Waals surface area contributed by atoms with Gasteiger partial charge >= 0.3 is 0 Å². The second kappa shape index (κ2) is 8.01. The lowest BCUT2D eigenvalue weighted by Gasteiger charge is -2.05. The molecule has 2 aromatic carbocycles. The van der Waals surface area contributed by atoms with Crippen LogP contribution in [0.5, 0.6) is 0 Å². The van der Waals surface area contributed by atoms with Gasteiger partial charge in [-0.3, -0.25) is 14.9 Å². The fraction of sp³-hybridized carbons (Fsp3) is 0.158. The minimum absolute atomic E-state index is 0.0371. The van der Waals surface area contributed by atoms with Gasteiger partial charge in [0.1, 0.15) is 0 Å². The third kappa shape index (κ3) is 4.51. The summed E-state index contributed by atoms with van der Waals surface area (Å²) in [5, 5.41) is 14.2. The number of nitro benzene ring substituents is 1. The Bertz CT molecular complexity index is 1000. The van der Waals surface area contributed by atoms with Crippen LogP contribution >= 0.6 is 11.6 Å². The van der Waals surface area contributed by atoms with Gasteiger partial charge in [-0.1, -0.05) is 29.8 Å². The van der Waals surface area contributed by atoms with E-state index in [-0.39, 0.29) is 18.0 Å². The van der Waals surface area contributed by atoms with Crippen LogP contribution < -0.4 is 5.32 Å². The number of benzene rings is 2. The molecule has 0 aliphatic carbocycles. The van der Waals surface area contributed by atoms with Crippen molar-refractivity contribution < 1.29 is 14.1 Å². The predicted octanol–water partition coefficient (Wildman–Crippen LogP) is 4.78. The van der Waals surface area contributed by atoms with Crippen molar-refractivity contribution in [2.24, 2.45) is 0 Å². The molecule has 0 aliphatic heterocycles. The number of carbonyl (C=O) groups is 1. The van der Waals surface area contributed by atoms with Crippen molar-refractivity contribution in [1.82, 2.24) is 4.98 Å². The molecule has 8 heteroatoms. The van der Waals surface area contributed by atoms with Crippen molar-refractivity contribution in [2.75, 3.05) is 5.32 Å². The monoisotopic (exact) mass is 385 g/mol. The molecule has 3 rings (SSSR count). The number of amides is 1. The quantitative estimate of drug-likeness (QED) is 0.486. The van der Waals surface area contributed by atoms with Gasteiger partial charge in [0.05, 0.1) is 16.1 Å². The fourth-order valence-electron chi connectivity index (χ4n) is 2.54. The van der Waals surface area contributed by atoms with Crippen LogP contribution in [0, 0.1) is 17.0 Å². The van der Waals surface area contributed by atoms with Crippen LogP contribution in [0.1, 0.15) is 17.9 Å². The molecule has 0 radical (unpaired) electrons. The molecule has 1 heterocycles. The van der Waals surface area contributed by atoms with Crippen molar-refractivity contribution >= 4 is 28.9 Å². The SMILES string of the molecule is Cc1ccc(NC(=O)CCc2ncc(-c3ccccc3Cl)o2)cc1[N+](=O)[O-]. The first kappa shape index (κ1) is 18.6. The van der Waals surface area contributed by atoms with Gasteiger partial charge in [0, 0.05) is 35.7 Å². The van der Waals surface area contributed by atoms with Crippen LogP contribution in [-0.4, -0.2) is 15.8 Å². The van der Waals surface area contributed by atoms with E-state index in [1.165, 1.54) is 6.07 Å². The Labute approximate surface area is 160 Å². The van der Waals surface area contributed by atoms with Crippen molar-refractivity contribution in [3.05, 3.63) is 75.3 Å². The van der Waals surface area contributed by atoms with Gasteiger partial charge < -0.3 is 9.73 Å². The van der Waals surface area contributed by atoms with Gasteiger partial charge in [0.25, 0.3) is 5.69 Å². The van der Waals surface area contributed by atoms with Gasteiger partial charge in [-0.2, -0.15) is 0 Å². The normalized spacial score (nSPS) is 10.6. The number of hydrogen-bond acceptors (Lipinski definition) is 5. The van der Waals surface area contributed by atoms with Gasteiger partial charge in [-0.15, -0.1) is 0 Å². The minimum atomic E-state index is -0.478.